The molecule has 0 amide bonds. The zero-order valence-corrected chi connectivity index (χ0v) is 14.4. The fraction of sp³-hybridized carbons (Fsp3) is 0.136. The summed E-state index contributed by atoms with van der Waals surface area (Å²) in [5.41, 5.74) is 1.56. The molecule has 136 valence electrons. The van der Waals surface area contributed by atoms with Crippen LogP contribution in [0.4, 0.5) is 4.39 Å². The average Bonchev–Trinajstić information content (AvgIpc) is 2.70. The quantitative estimate of drug-likeness (QED) is 0.487. The molecule has 27 heavy (non-hydrogen) atoms. The largest absolute Gasteiger partial charge is 0.490 e. The van der Waals surface area contributed by atoms with Crippen LogP contribution in [0.25, 0.3) is 0 Å². The summed E-state index contributed by atoms with van der Waals surface area (Å²) in [6.07, 6.45) is 0. The van der Waals surface area contributed by atoms with Crippen molar-refractivity contribution in [1.29, 1.82) is 0 Å². The van der Waals surface area contributed by atoms with E-state index in [0.717, 1.165) is 11.1 Å². The van der Waals surface area contributed by atoms with Crippen molar-refractivity contribution in [3.05, 3.63) is 89.7 Å². The Hall–Kier alpha value is -3.34. The Morgan fingerprint density at radius 2 is 1.44 bits per heavy atom. The van der Waals surface area contributed by atoms with Crippen LogP contribution in [0.1, 0.15) is 17.0 Å². The number of halogens is 1. The lowest BCUT2D eigenvalue weighted by Crippen LogP contribution is -2.23. The molecule has 0 saturated heterocycles. The van der Waals surface area contributed by atoms with Crippen molar-refractivity contribution in [3.8, 4) is 17.2 Å². The van der Waals surface area contributed by atoms with E-state index in [0.29, 0.717) is 17.2 Å². The smallest absolute Gasteiger partial charge is 0.318 e. The zero-order chi connectivity index (χ0) is 18.6. The van der Waals surface area contributed by atoms with Crippen LogP contribution in [0.15, 0.2) is 72.8 Å². The van der Waals surface area contributed by atoms with E-state index in [1.54, 1.807) is 0 Å². The molecule has 0 bridgehead atoms. The number of fused-ring (bicyclic) bond motifs is 2. The van der Waals surface area contributed by atoms with E-state index >= 15 is 0 Å². The molecule has 0 saturated carbocycles. The van der Waals surface area contributed by atoms with E-state index in [1.165, 1.54) is 24.3 Å². The molecule has 0 fully saturated rings. The van der Waals surface area contributed by atoms with Crippen molar-refractivity contribution in [2.75, 3.05) is 13.2 Å². The minimum atomic E-state index is -0.544. The summed E-state index contributed by atoms with van der Waals surface area (Å²) >= 11 is 0. The van der Waals surface area contributed by atoms with Gasteiger partial charge in [-0.15, -0.1) is 0 Å². The zero-order valence-electron chi connectivity index (χ0n) is 14.4. The predicted octanol–water partition coefficient (Wildman–Crippen LogP) is 4.69. The number of carbonyl (C=O) groups excluding carboxylic acids is 1. The van der Waals surface area contributed by atoms with E-state index < -0.39 is 5.92 Å². The van der Waals surface area contributed by atoms with Gasteiger partial charge in [0.15, 0.2) is 0 Å². The number of hydrogen-bond donors (Lipinski definition) is 0. The van der Waals surface area contributed by atoms with Gasteiger partial charge in [-0.05, 0) is 36.4 Å². The van der Waals surface area contributed by atoms with Crippen LogP contribution < -0.4 is 9.47 Å². The minimum absolute atomic E-state index is 0.0951. The number of benzene rings is 3. The molecule has 0 atom stereocenters. The highest BCUT2D eigenvalue weighted by Gasteiger charge is 2.33. The molecule has 1 aliphatic heterocycles. The van der Waals surface area contributed by atoms with E-state index in [4.69, 9.17) is 14.2 Å². The van der Waals surface area contributed by atoms with Gasteiger partial charge in [0.1, 0.15) is 42.2 Å². The first kappa shape index (κ1) is 17.1. The maximum Gasteiger partial charge on any atom is 0.318 e. The highest BCUT2D eigenvalue weighted by molar-refractivity contribution is 5.85. The van der Waals surface area contributed by atoms with Crippen molar-refractivity contribution in [2.45, 2.75) is 5.92 Å². The number of carbonyl (C=O) groups is 1. The van der Waals surface area contributed by atoms with Crippen LogP contribution >= 0.6 is 0 Å². The van der Waals surface area contributed by atoms with Gasteiger partial charge in [0, 0.05) is 11.1 Å². The van der Waals surface area contributed by atoms with Crippen LogP contribution in [0.3, 0.4) is 0 Å². The molecule has 4 nitrogen and oxygen atoms in total. The lowest BCUT2D eigenvalue weighted by molar-refractivity contribution is -0.145. The third-order valence-corrected chi connectivity index (χ3v) is 4.33. The minimum Gasteiger partial charge on any atom is -0.490 e. The van der Waals surface area contributed by atoms with Gasteiger partial charge in [-0.3, -0.25) is 4.79 Å². The van der Waals surface area contributed by atoms with Gasteiger partial charge in [0.2, 0.25) is 0 Å². The topological polar surface area (TPSA) is 44.8 Å². The summed E-state index contributed by atoms with van der Waals surface area (Å²) in [6, 6.07) is 20.6. The average molecular weight is 364 g/mol. The number of hydrogen-bond acceptors (Lipinski definition) is 4. The molecule has 1 heterocycles. The monoisotopic (exact) mass is 364 g/mol. The molecule has 0 spiro atoms. The Balaban J connectivity index is 1.45. The number of esters is 1. The summed E-state index contributed by atoms with van der Waals surface area (Å²) in [5.74, 6) is 0.596. The lowest BCUT2D eigenvalue weighted by atomic mass is 9.88. The lowest BCUT2D eigenvalue weighted by Gasteiger charge is -2.26. The van der Waals surface area contributed by atoms with Crippen molar-refractivity contribution in [3.63, 3.8) is 0 Å². The second-order valence-electron chi connectivity index (χ2n) is 6.08. The highest BCUT2D eigenvalue weighted by Crippen LogP contribution is 2.44. The molecule has 4 rings (SSSR count). The second-order valence-corrected chi connectivity index (χ2v) is 6.08. The van der Waals surface area contributed by atoms with Gasteiger partial charge in [0.05, 0.1) is 0 Å². The number of ether oxygens (including phenoxy) is 3. The van der Waals surface area contributed by atoms with Crippen molar-refractivity contribution < 1.29 is 23.4 Å². The van der Waals surface area contributed by atoms with Gasteiger partial charge in [-0.25, -0.2) is 4.39 Å². The number of rotatable bonds is 5. The summed E-state index contributed by atoms with van der Waals surface area (Å²) < 4.78 is 29.7. The van der Waals surface area contributed by atoms with Crippen molar-refractivity contribution in [1.82, 2.24) is 0 Å². The Morgan fingerprint density at radius 1 is 0.852 bits per heavy atom. The Bertz CT molecular complexity index is 907. The standard InChI is InChI=1S/C22H17FO4/c23-15-9-11-16(12-10-15)25-13-14-26-22(24)21-17-5-1-3-7-19(17)27-20-8-4-2-6-18(20)21/h1-12,21H,13-14H2. The molecule has 1 aliphatic rings. The second kappa shape index (κ2) is 7.50. The fourth-order valence-electron chi connectivity index (χ4n) is 3.08. The molecule has 0 radical (unpaired) electrons. The Labute approximate surface area is 156 Å². The normalized spacial score (nSPS) is 12.5. The molecule has 3 aromatic rings. The van der Waals surface area contributed by atoms with Gasteiger partial charge < -0.3 is 14.2 Å². The highest BCUT2D eigenvalue weighted by atomic mass is 19.1. The molecule has 3 aromatic carbocycles. The van der Waals surface area contributed by atoms with E-state index in [9.17, 15) is 9.18 Å². The Kier molecular flexibility index (Phi) is 4.75. The maximum absolute atomic E-state index is 12.9. The van der Waals surface area contributed by atoms with Gasteiger partial charge in [0.25, 0.3) is 0 Å². The SMILES string of the molecule is O=C(OCCOc1ccc(F)cc1)C1c2ccccc2Oc2ccccc21. The molecule has 5 heteroatoms. The molecule has 0 unspecified atom stereocenters. The van der Waals surface area contributed by atoms with Crippen LogP contribution in [-0.2, 0) is 9.53 Å². The fourth-order valence-corrected chi connectivity index (χ4v) is 3.08. The van der Waals surface area contributed by atoms with Gasteiger partial charge in [-0.2, -0.15) is 0 Å². The third kappa shape index (κ3) is 3.62. The summed E-state index contributed by atoms with van der Waals surface area (Å²) in [4.78, 5) is 12.8. The first-order valence-electron chi connectivity index (χ1n) is 8.63. The summed E-state index contributed by atoms with van der Waals surface area (Å²) in [6.45, 7) is 0.280. The maximum atomic E-state index is 12.9. The van der Waals surface area contributed by atoms with Crippen LogP contribution in [0, 0.1) is 5.82 Å². The summed E-state index contributed by atoms with van der Waals surface area (Å²) in [5, 5.41) is 0. The predicted molar refractivity (Wildman–Crippen MR) is 97.7 cm³/mol. The van der Waals surface area contributed by atoms with Crippen LogP contribution in [0.5, 0.6) is 17.2 Å². The van der Waals surface area contributed by atoms with Gasteiger partial charge >= 0.3 is 5.97 Å². The molecular formula is C22H17FO4. The molecule has 0 N–H and O–H groups in total. The third-order valence-electron chi connectivity index (χ3n) is 4.33. The molecule has 0 aromatic heterocycles. The van der Waals surface area contributed by atoms with E-state index in [-0.39, 0.29) is 25.0 Å². The molecule has 0 aliphatic carbocycles. The van der Waals surface area contributed by atoms with Crippen LogP contribution in [0.2, 0.25) is 0 Å². The van der Waals surface area contributed by atoms with E-state index in [1.807, 2.05) is 48.5 Å². The first-order valence-corrected chi connectivity index (χ1v) is 8.63. The van der Waals surface area contributed by atoms with Crippen LogP contribution in [-0.4, -0.2) is 19.2 Å². The first-order chi connectivity index (χ1) is 13.2. The van der Waals surface area contributed by atoms with E-state index in [2.05, 4.69) is 0 Å². The molecular weight excluding hydrogens is 347 g/mol. The summed E-state index contributed by atoms with van der Waals surface area (Å²) in [7, 11) is 0. The van der Waals surface area contributed by atoms with Crippen molar-refractivity contribution >= 4 is 5.97 Å². The number of para-hydroxylation sites is 2. The van der Waals surface area contributed by atoms with Crippen molar-refractivity contribution in [2.24, 2.45) is 0 Å². The Morgan fingerprint density at radius 3 is 2.07 bits per heavy atom. The van der Waals surface area contributed by atoms with Gasteiger partial charge in [-0.1, -0.05) is 36.4 Å².